The highest BCUT2D eigenvalue weighted by Crippen LogP contribution is 2.15. The minimum atomic E-state index is -0.825. The van der Waals surface area contributed by atoms with Crippen LogP contribution in [0.3, 0.4) is 0 Å². The number of thioether (sulfide) groups is 1. The second-order valence-corrected chi connectivity index (χ2v) is 5.12. The number of nitrogens with two attached hydrogens (primary N) is 2. The number of hydrogen-bond donors (Lipinski definition) is 3. The van der Waals surface area contributed by atoms with Crippen LogP contribution in [-0.4, -0.2) is 28.5 Å². The van der Waals surface area contributed by atoms with Crippen LogP contribution in [0, 0.1) is 0 Å². The van der Waals surface area contributed by atoms with Gasteiger partial charge in [0, 0.05) is 11.3 Å². The Bertz CT molecular complexity index is 225. The normalized spacial score (nSPS) is 13.4. The highest BCUT2D eigenvalue weighted by Gasteiger charge is 2.18. The molecule has 0 aliphatic heterocycles. The largest absolute Gasteiger partial charge is 0.351 e. The zero-order valence-electron chi connectivity index (χ0n) is 8.66. The Balaban J connectivity index is 3.90. The van der Waals surface area contributed by atoms with Crippen molar-refractivity contribution in [1.82, 2.24) is 5.32 Å². The highest BCUT2D eigenvalue weighted by molar-refractivity contribution is 8.00. The van der Waals surface area contributed by atoms with Crippen molar-refractivity contribution >= 4 is 23.7 Å². The van der Waals surface area contributed by atoms with E-state index in [0.717, 1.165) is 0 Å². The van der Waals surface area contributed by atoms with Crippen LogP contribution in [0.25, 0.3) is 0 Å². The second-order valence-electron chi connectivity index (χ2n) is 3.80. The summed E-state index contributed by atoms with van der Waals surface area (Å²) in [6.07, 6.45) is 0. The molecule has 0 spiro atoms. The molecule has 0 saturated heterocycles. The van der Waals surface area contributed by atoms with Gasteiger partial charge >= 0.3 is 6.03 Å². The van der Waals surface area contributed by atoms with Gasteiger partial charge in [0.25, 0.3) is 0 Å². The van der Waals surface area contributed by atoms with Gasteiger partial charge in [-0.2, -0.15) is 0 Å². The maximum atomic E-state index is 11.2. The molecule has 0 aliphatic carbocycles. The van der Waals surface area contributed by atoms with Crippen molar-refractivity contribution in [1.29, 1.82) is 0 Å². The van der Waals surface area contributed by atoms with Crippen LogP contribution >= 0.6 is 11.8 Å². The first-order valence-electron chi connectivity index (χ1n) is 4.23. The molecule has 1 unspecified atom stereocenters. The molecule has 6 heteroatoms. The predicted octanol–water partition coefficient (Wildman–Crippen LogP) is 0.0403. The molecular weight excluding hydrogens is 202 g/mol. The van der Waals surface area contributed by atoms with Gasteiger partial charge < -0.3 is 11.5 Å². The van der Waals surface area contributed by atoms with Gasteiger partial charge in [-0.15, -0.1) is 11.8 Å². The predicted molar refractivity (Wildman–Crippen MR) is 57.9 cm³/mol. The monoisotopic (exact) mass is 219 g/mol. The van der Waals surface area contributed by atoms with E-state index in [9.17, 15) is 9.59 Å². The Morgan fingerprint density at radius 1 is 1.50 bits per heavy atom. The fourth-order valence-electron chi connectivity index (χ4n) is 0.639. The van der Waals surface area contributed by atoms with E-state index in [1.807, 2.05) is 19.2 Å². The molecule has 3 amide bonds. The molecule has 0 aliphatic rings. The van der Waals surface area contributed by atoms with Crippen molar-refractivity contribution < 1.29 is 9.59 Å². The molecule has 0 bridgehead atoms. The molecule has 0 aromatic heterocycles. The van der Waals surface area contributed by atoms with E-state index in [-0.39, 0.29) is 16.7 Å². The van der Waals surface area contributed by atoms with Crippen LogP contribution in [0.15, 0.2) is 0 Å². The van der Waals surface area contributed by atoms with E-state index >= 15 is 0 Å². The lowest BCUT2D eigenvalue weighted by molar-refractivity contribution is -0.119. The molecule has 5 nitrogen and oxygen atoms in total. The van der Waals surface area contributed by atoms with Crippen molar-refractivity contribution in [2.24, 2.45) is 11.5 Å². The molecular formula is C8H17N3O2S. The summed E-state index contributed by atoms with van der Waals surface area (Å²) in [4.78, 5) is 21.6. The van der Waals surface area contributed by atoms with Gasteiger partial charge in [-0.3, -0.25) is 10.1 Å². The first-order chi connectivity index (χ1) is 6.22. The zero-order valence-corrected chi connectivity index (χ0v) is 9.48. The summed E-state index contributed by atoms with van der Waals surface area (Å²) < 4.78 is 0. The quantitative estimate of drug-likeness (QED) is 0.621. The third-order valence-corrected chi connectivity index (χ3v) is 2.95. The van der Waals surface area contributed by atoms with E-state index in [0.29, 0.717) is 5.75 Å². The molecule has 0 rings (SSSR count). The molecule has 0 fully saturated rings. The van der Waals surface area contributed by atoms with Gasteiger partial charge in [0.15, 0.2) is 0 Å². The number of rotatable bonds is 4. The standard InChI is InChI=1S/C8H17N3O2S/c1-5(6(12)11-7(9)13)14-4-8(2,3)10/h5H,4,10H2,1-3H3,(H3,9,11,12,13). The van der Waals surface area contributed by atoms with Gasteiger partial charge in [-0.05, 0) is 20.8 Å². The van der Waals surface area contributed by atoms with E-state index in [4.69, 9.17) is 11.5 Å². The molecule has 5 N–H and O–H groups in total. The summed E-state index contributed by atoms with van der Waals surface area (Å²) in [5, 5.41) is 1.69. The van der Waals surface area contributed by atoms with Gasteiger partial charge in [0.2, 0.25) is 5.91 Å². The van der Waals surface area contributed by atoms with E-state index in [1.165, 1.54) is 11.8 Å². The van der Waals surface area contributed by atoms with E-state index in [2.05, 4.69) is 0 Å². The fourth-order valence-corrected chi connectivity index (χ4v) is 1.53. The Hall–Kier alpha value is -0.750. The minimum absolute atomic E-state index is 0.327. The summed E-state index contributed by atoms with van der Waals surface area (Å²) in [7, 11) is 0. The number of primary amides is 1. The second kappa shape index (κ2) is 5.21. The van der Waals surface area contributed by atoms with Gasteiger partial charge in [-0.1, -0.05) is 0 Å². The number of hydrogen-bond acceptors (Lipinski definition) is 4. The average molecular weight is 219 g/mol. The third-order valence-electron chi connectivity index (χ3n) is 1.32. The number of imide groups is 1. The first-order valence-corrected chi connectivity index (χ1v) is 5.28. The molecule has 0 radical (unpaired) electrons. The van der Waals surface area contributed by atoms with Crippen LogP contribution in [-0.2, 0) is 4.79 Å². The van der Waals surface area contributed by atoms with Crippen molar-refractivity contribution in [2.45, 2.75) is 31.6 Å². The number of carbonyl (C=O) groups is 2. The van der Waals surface area contributed by atoms with Crippen molar-refractivity contribution in [3.8, 4) is 0 Å². The summed E-state index contributed by atoms with van der Waals surface area (Å²) >= 11 is 1.39. The molecule has 0 heterocycles. The van der Waals surface area contributed by atoms with Crippen LogP contribution < -0.4 is 16.8 Å². The number of nitrogens with one attached hydrogen (secondary N) is 1. The first kappa shape index (κ1) is 13.2. The van der Waals surface area contributed by atoms with Gasteiger partial charge in [0.1, 0.15) is 0 Å². The smallest absolute Gasteiger partial charge is 0.318 e. The maximum absolute atomic E-state index is 11.2. The number of urea groups is 1. The van der Waals surface area contributed by atoms with Crippen LogP contribution in [0.2, 0.25) is 0 Å². The minimum Gasteiger partial charge on any atom is -0.351 e. The van der Waals surface area contributed by atoms with Gasteiger partial charge in [-0.25, -0.2) is 4.79 Å². The molecule has 14 heavy (non-hydrogen) atoms. The summed E-state index contributed by atoms with van der Waals surface area (Å²) in [5.74, 6) is 0.257. The van der Waals surface area contributed by atoms with Gasteiger partial charge in [0.05, 0.1) is 5.25 Å². The van der Waals surface area contributed by atoms with Crippen molar-refractivity contribution in [2.75, 3.05) is 5.75 Å². The fraction of sp³-hybridized carbons (Fsp3) is 0.750. The summed E-state index contributed by atoms with van der Waals surface area (Å²) in [5.41, 5.74) is 10.2. The lowest BCUT2D eigenvalue weighted by Gasteiger charge is -2.19. The third kappa shape index (κ3) is 6.73. The maximum Gasteiger partial charge on any atom is 0.318 e. The Morgan fingerprint density at radius 2 is 2.00 bits per heavy atom. The average Bonchev–Trinajstić information content (AvgIpc) is 1.97. The van der Waals surface area contributed by atoms with E-state index in [1.54, 1.807) is 6.92 Å². The molecule has 0 aromatic carbocycles. The number of carbonyl (C=O) groups excluding carboxylic acids is 2. The van der Waals surface area contributed by atoms with Crippen LogP contribution in [0.1, 0.15) is 20.8 Å². The Morgan fingerprint density at radius 3 is 2.36 bits per heavy atom. The number of amides is 3. The Labute approximate surface area is 88.0 Å². The summed E-state index contributed by atoms with van der Waals surface area (Å²) in [6, 6.07) is -0.825. The van der Waals surface area contributed by atoms with Crippen LogP contribution in [0.4, 0.5) is 4.79 Å². The molecule has 1 atom stereocenters. The van der Waals surface area contributed by atoms with Crippen LogP contribution in [0.5, 0.6) is 0 Å². The molecule has 82 valence electrons. The lowest BCUT2D eigenvalue weighted by atomic mass is 10.1. The molecule has 0 aromatic rings. The lowest BCUT2D eigenvalue weighted by Crippen LogP contribution is -2.41. The SMILES string of the molecule is CC(SCC(C)(C)N)C(=O)NC(N)=O. The van der Waals surface area contributed by atoms with Crippen molar-refractivity contribution in [3.63, 3.8) is 0 Å². The zero-order chi connectivity index (χ0) is 11.4. The highest BCUT2D eigenvalue weighted by atomic mass is 32.2. The molecule has 0 saturated carbocycles. The van der Waals surface area contributed by atoms with E-state index < -0.39 is 6.03 Å². The summed E-state index contributed by atoms with van der Waals surface area (Å²) in [6.45, 7) is 5.45. The topological polar surface area (TPSA) is 98.2 Å². The Kier molecular flexibility index (Phi) is 4.93. The van der Waals surface area contributed by atoms with Crippen molar-refractivity contribution in [3.05, 3.63) is 0 Å².